The Kier molecular flexibility index (Phi) is 4.20. The van der Waals surface area contributed by atoms with Crippen molar-refractivity contribution < 1.29 is 22.0 Å². The molecule has 0 aliphatic carbocycles. The van der Waals surface area contributed by atoms with Gasteiger partial charge in [-0.05, 0) is 18.9 Å². The Balaban J connectivity index is 4.10. The van der Waals surface area contributed by atoms with Gasteiger partial charge in [-0.25, -0.2) is 0 Å². The van der Waals surface area contributed by atoms with Crippen LogP contribution in [0.1, 0.15) is 19.8 Å². The van der Waals surface area contributed by atoms with Crippen LogP contribution in [-0.4, -0.2) is 6.18 Å². The summed E-state index contributed by atoms with van der Waals surface area (Å²) in [5, 5.41) is 0. The van der Waals surface area contributed by atoms with E-state index in [0.29, 0.717) is 6.08 Å². The second kappa shape index (κ2) is 4.42. The Morgan fingerprint density at radius 3 is 2.08 bits per heavy atom. The molecule has 1 atom stereocenters. The van der Waals surface area contributed by atoms with Crippen LogP contribution in [0.3, 0.4) is 0 Å². The van der Waals surface area contributed by atoms with Crippen LogP contribution in [0.25, 0.3) is 0 Å². The van der Waals surface area contributed by atoms with Crippen molar-refractivity contribution in [3.05, 3.63) is 12.2 Å². The molecule has 0 aromatic carbocycles. The van der Waals surface area contributed by atoms with E-state index in [4.69, 9.17) is 0 Å². The van der Waals surface area contributed by atoms with Gasteiger partial charge < -0.3 is 0 Å². The fourth-order valence-electron chi connectivity index (χ4n) is 0.763. The summed E-state index contributed by atoms with van der Waals surface area (Å²) in [6.07, 6.45) is -6.93. The molecule has 1 unspecified atom stereocenters. The topological polar surface area (TPSA) is 0 Å². The number of alkyl halides is 3. The molecule has 0 bridgehead atoms. The standard InChI is InChI=1S/C7H9F5/c1-2-5(7(10,11)12)3-4-6(8)9/h4-5H,2-3H2,1H3. The van der Waals surface area contributed by atoms with Gasteiger partial charge in [0.2, 0.25) is 0 Å². The summed E-state index contributed by atoms with van der Waals surface area (Å²) in [5.74, 6) is -1.65. The molecule has 0 nitrogen and oxygen atoms in total. The lowest BCUT2D eigenvalue weighted by Crippen LogP contribution is -2.21. The summed E-state index contributed by atoms with van der Waals surface area (Å²) in [7, 11) is 0. The van der Waals surface area contributed by atoms with E-state index < -0.39 is 24.6 Å². The van der Waals surface area contributed by atoms with Gasteiger partial charge in [-0.15, -0.1) is 0 Å². The second-order valence-electron chi connectivity index (χ2n) is 2.38. The van der Waals surface area contributed by atoms with E-state index in [1.54, 1.807) is 0 Å². The van der Waals surface area contributed by atoms with Crippen LogP contribution >= 0.6 is 0 Å². The molecule has 0 aliphatic heterocycles. The summed E-state index contributed by atoms with van der Waals surface area (Å²) in [6, 6.07) is 0. The Hall–Kier alpha value is -0.610. The lowest BCUT2D eigenvalue weighted by molar-refractivity contribution is -0.174. The molecule has 0 saturated carbocycles. The van der Waals surface area contributed by atoms with E-state index in [1.165, 1.54) is 6.92 Å². The molecule has 72 valence electrons. The maximum Gasteiger partial charge on any atom is 0.392 e. The lowest BCUT2D eigenvalue weighted by atomic mass is 10.0. The average molecular weight is 188 g/mol. The fraction of sp³-hybridized carbons (Fsp3) is 0.714. The molecule has 0 radical (unpaired) electrons. The van der Waals surface area contributed by atoms with Crippen molar-refractivity contribution in [2.75, 3.05) is 0 Å². The molecular weight excluding hydrogens is 179 g/mol. The predicted octanol–water partition coefficient (Wildman–Crippen LogP) is 3.75. The smallest absolute Gasteiger partial charge is 0.174 e. The van der Waals surface area contributed by atoms with Gasteiger partial charge in [0.25, 0.3) is 6.08 Å². The molecule has 0 saturated heterocycles. The molecule has 0 aromatic rings. The Morgan fingerprint density at radius 1 is 1.33 bits per heavy atom. The zero-order valence-corrected chi connectivity index (χ0v) is 6.46. The van der Waals surface area contributed by atoms with Gasteiger partial charge in [-0.2, -0.15) is 22.0 Å². The van der Waals surface area contributed by atoms with E-state index in [2.05, 4.69) is 0 Å². The van der Waals surface area contributed by atoms with Crippen LogP contribution < -0.4 is 0 Å². The van der Waals surface area contributed by atoms with Crippen molar-refractivity contribution in [2.45, 2.75) is 25.9 Å². The molecule has 0 heterocycles. The number of allylic oxidation sites excluding steroid dienone is 1. The van der Waals surface area contributed by atoms with E-state index >= 15 is 0 Å². The maximum atomic E-state index is 11.9. The van der Waals surface area contributed by atoms with Gasteiger partial charge in [0.1, 0.15) is 0 Å². The first-order valence-electron chi connectivity index (χ1n) is 3.45. The number of hydrogen-bond donors (Lipinski definition) is 0. The van der Waals surface area contributed by atoms with E-state index in [9.17, 15) is 22.0 Å². The minimum Gasteiger partial charge on any atom is -0.174 e. The van der Waals surface area contributed by atoms with Gasteiger partial charge in [-0.1, -0.05) is 6.92 Å². The van der Waals surface area contributed by atoms with Crippen molar-refractivity contribution in [1.82, 2.24) is 0 Å². The van der Waals surface area contributed by atoms with Gasteiger partial charge in [-0.3, -0.25) is 0 Å². The van der Waals surface area contributed by atoms with Crippen LogP contribution in [-0.2, 0) is 0 Å². The molecule has 0 rings (SSSR count). The molecule has 0 amide bonds. The van der Waals surface area contributed by atoms with Gasteiger partial charge in [0.15, 0.2) is 0 Å². The van der Waals surface area contributed by atoms with Crippen LogP contribution in [0.15, 0.2) is 12.2 Å². The SMILES string of the molecule is CCC(CC=C(F)F)C(F)(F)F. The third kappa shape index (κ3) is 4.31. The van der Waals surface area contributed by atoms with Crippen molar-refractivity contribution in [3.63, 3.8) is 0 Å². The van der Waals surface area contributed by atoms with Crippen LogP contribution in [0.2, 0.25) is 0 Å². The van der Waals surface area contributed by atoms with Crippen molar-refractivity contribution in [3.8, 4) is 0 Å². The van der Waals surface area contributed by atoms with Crippen molar-refractivity contribution >= 4 is 0 Å². The first kappa shape index (κ1) is 11.4. The largest absolute Gasteiger partial charge is 0.392 e. The zero-order valence-electron chi connectivity index (χ0n) is 6.46. The van der Waals surface area contributed by atoms with Crippen molar-refractivity contribution in [1.29, 1.82) is 0 Å². The third-order valence-electron chi connectivity index (χ3n) is 1.51. The summed E-state index contributed by atoms with van der Waals surface area (Å²) in [4.78, 5) is 0. The maximum absolute atomic E-state index is 11.9. The highest BCUT2D eigenvalue weighted by atomic mass is 19.4. The molecule has 0 aromatic heterocycles. The van der Waals surface area contributed by atoms with Gasteiger partial charge in [0.05, 0.1) is 5.92 Å². The molecule has 0 spiro atoms. The first-order chi connectivity index (χ1) is 5.38. The average Bonchev–Trinajstić information content (AvgIpc) is 1.85. The number of halogens is 5. The highest BCUT2D eigenvalue weighted by Gasteiger charge is 2.37. The van der Waals surface area contributed by atoms with Gasteiger partial charge >= 0.3 is 6.18 Å². The fourth-order valence-corrected chi connectivity index (χ4v) is 0.763. The third-order valence-corrected chi connectivity index (χ3v) is 1.51. The molecule has 5 heteroatoms. The van der Waals surface area contributed by atoms with E-state index in [1.807, 2.05) is 0 Å². The highest BCUT2D eigenvalue weighted by Crippen LogP contribution is 2.31. The van der Waals surface area contributed by atoms with Gasteiger partial charge in [0, 0.05) is 0 Å². The minimum atomic E-state index is -4.37. The molecular formula is C7H9F5. The van der Waals surface area contributed by atoms with Crippen LogP contribution in [0, 0.1) is 5.92 Å². The molecule has 0 fully saturated rings. The summed E-state index contributed by atoms with van der Waals surface area (Å²) >= 11 is 0. The summed E-state index contributed by atoms with van der Waals surface area (Å²) in [5.41, 5.74) is 0. The van der Waals surface area contributed by atoms with E-state index in [-0.39, 0.29) is 6.42 Å². The monoisotopic (exact) mass is 188 g/mol. The summed E-state index contributed by atoms with van der Waals surface area (Å²) in [6.45, 7) is 1.32. The molecule has 0 N–H and O–H groups in total. The number of hydrogen-bond acceptors (Lipinski definition) is 0. The minimum absolute atomic E-state index is 0.173. The zero-order chi connectivity index (χ0) is 9.78. The Bertz CT molecular complexity index is 154. The van der Waals surface area contributed by atoms with Crippen LogP contribution in [0.5, 0.6) is 0 Å². The number of rotatable bonds is 3. The predicted molar refractivity (Wildman–Crippen MR) is 34.8 cm³/mol. The highest BCUT2D eigenvalue weighted by molar-refractivity contribution is 4.84. The quantitative estimate of drug-likeness (QED) is 0.591. The van der Waals surface area contributed by atoms with Crippen molar-refractivity contribution in [2.24, 2.45) is 5.92 Å². The summed E-state index contributed by atoms with van der Waals surface area (Å²) < 4.78 is 58.5. The normalized spacial score (nSPS) is 14.2. The first-order valence-corrected chi connectivity index (χ1v) is 3.45. The Morgan fingerprint density at radius 2 is 1.83 bits per heavy atom. The van der Waals surface area contributed by atoms with Crippen LogP contribution in [0.4, 0.5) is 22.0 Å². The Labute approximate surface area is 67.1 Å². The molecule has 12 heavy (non-hydrogen) atoms. The second-order valence-corrected chi connectivity index (χ2v) is 2.38. The lowest BCUT2D eigenvalue weighted by Gasteiger charge is -2.15. The molecule has 0 aliphatic rings. The van der Waals surface area contributed by atoms with E-state index in [0.717, 1.165) is 0 Å².